The number of hydrogen-bond donors (Lipinski definition) is 2. The van der Waals surface area contributed by atoms with Crippen LogP contribution in [0.4, 0.5) is 14.9 Å². The van der Waals surface area contributed by atoms with E-state index in [1.54, 1.807) is 0 Å². The van der Waals surface area contributed by atoms with E-state index in [-0.39, 0.29) is 28.2 Å². The standard InChI is InChI=1S/C14H15Cl2FN2O3/c1-7-2-8(13(20)21)6-19(5-7)14(22)18-12-4-10(16)9(15)3-11(12)17/h3-4,7-8H,2,5-6H2,1H3,(H,18,22)(H,20,21). The van der Waals surface area contributed by atoms with Crippen LogP contribution in [0.5, 0.6) is 0 Å². The van der Waals surface area contributed by atoms with Gasteiger partial charge in [-0.2, -0.15) is 0 Å². The first kappa shape index (κ1) is 16.8. The largest absolute Gasteiger partial charge is 0.481 e. The van der Waals surface area contributed by atoms with Crippen molar-refractivity contribution in [3.63, 3.8) is 0 Å². The molecule has 0 aromatic heterocycles. The van der Waals surface area contributed by atoms with Gasteiger partial charge in [0.15, 0.2) is 0 Å². The Morgan fingerprint density at radius 2 is 1.95 bits per heavy atom. The summed E-state index contributed by atoms with van der Waals surface area (Å²) in [5.41, 5.74) is -0.0931. The van der Waals surface area contributed by atoms with Crippen molar-refractivity contribution in [1.29, 1.82) is 0 Å². The summed E-state index contributed by atoms with van der Waals surface area (Å²) < 4.78 is 13.8. The monoisotopic (exact) mass is 348 g/mol. The summed E-state index contributed by atoms with van der Waals surface area (Å²) in [6.45, 7) is 2.38. The van der Waals surface area contributed by atoms with Gasteiger partial charge in [0, 0.05) is 13.1 Å². The number of carbonyl (C=O) groups is 2. The molecule has 2 rings (SSSR count). The van der Waals surface area contributed by atoms with Gasteiger partial charge in [-0.25, -0.2) is 9.18 Å². The molecule has 0 saturated carbocycles. The summed E-state index contributed by atoms with van der Waals surface area (Å²) in [5.74, 6) is -2.21. The minimum atomic E-state index is -0.940. The first-order chi connectivity index (χ1) is 10.3. The van der Waals surface area contributed by atoms with Gasteiger partial charge < -0.3 is 15.3 Å². The first-order valence-corrected chi connectivity index (χ1v) is 7.46. The minimum absolute atomic E-state index is 0.0506. The first-order valence-electron chi connectivity index (χ1n) is 6.71. The van der Waals surface area contributed by atoms with Crippen LogP contribution in [0.2, 0.25) is 10.0 Å². The maximum atomic E-state index is 13.8. The lowest BCUT2D eigenvalue weighted by molar-refractivity contribution is -0.143. The number of anilines is 1. The maximum absolute atomic E-state index is 13.8. The highest BCUT2D eigenvalue weighted by atomic mass is 35.5. The Morgan fingerprint density at radius 1 is 1.32 bits per heavy atom. The molecule has 2 unspecified atom stereocenters. The van der Waals surface area contributed by atoms with Gasteiger partial charge in [-0.15, -0.1) is 0 Å². The number of piperidine rings is 1. The van der Waals surface area contributed by atoms with Crippen LogP contribution in [-0.4, -0.2) is 35.1 Å². The third kappa shape index (κ3) is 3.81. The molecule has 0 spiro atoms. The van der Waals surface area contributed by atoms with E-state index < -0.39 is 23.7 Å². The summed E-state index contributed by atoms with van der Waals surface area (Å²) >= 11 is 11.5. The highest BCUT2D eigenvalue weighted by Gasteiger charge is 2.32. The van der Waals surface area contributed by atoms with Crippen LogP contribution in [0, 0.1) is 17.7 Å². The second-order valence-electron chi connectivity index (χ2n) is 5.46. The van der Waals surface area contributed by atoms with E-state index in [1.165, 1.54) is 11.0 Å². The number of nitrogens with zero attached hydrogens (tertiary/aromatic N) is 1. The number of halogens is 3. The highest BCUT2D eigenvalue weighted by molar-refractivity contribution is 6.42. The van der Waals surface area contributed by atoms with Crippen molar-refractivity contribution < 1.29 is 19.1 Å². The number of carboxylic acid groups (broad SMARTS) is 1. The summed E-state index contributed by atoms with van der Waals surface area (Å²) in [5, 5.41) is 11.7. The Labute approximate surface area is 137 Å². The van der Waals surface area contributed by atoms with Crippen LogP contribution in [0.3, 0.4) is 0 Å². The Kier molecular flexibility index (Phi) is 5.13. The SMILES string of the molecule is CC1CC(C(=O)O)CN(C(=O)Nc2cc(Cl)c(Cl)cc2F)C1. The Morgan fingerprint density at radius 3 is 2.59 bits per heavy atom. The molecule has 2 N–H and O–H groups in total. The zero-order valence-corrected chi connectivity index (χ0v) is 13.3. The van der Waals surface area contributed by atoms with Crippen LogP contribution >= 0.6 is 23.2 Å². The van der Waals surface area contributed by atoms with E-state index in [0.29, 0.717) is 13.0 Å². The van der Waals surface area contributed by atoms with Gasteiger partial charge in [-0.1, -0.05) is 30.1 Å². The summed E-state index contributed by atoms with van der Waals surface area (Å²) in [7, 11) is 0. The number of hydrogen-bond acceptors (Lipinski definition) is 2. The molecule has 8 heteroatoms. The molecule has 1 fully saturated rings. The average molecular weight is 349 g/mol. The second kappa shape index (κ2) is 6.71. The minimum Gasteiger partial charge on any atom is -0.481 e. The van der Waals surface area contributed by atoms with E-state index in [0.717, 1.165) is 6.07 Å². The fourth-order valence-corrected chi connectivity index (χ4v) is 2.82. The molecule has 1 aliphatic rings. The van der Waals surface area contributed by atoms with Crippen molar-refractivity contribution in [2.24, 2.45) is 11.8 Å². The molecule has 22 heavy (non-hydrogen) atoms. The van der Waals surface area contributed by atoms with E-state index >= 15 is 0 Å². The van der Waals surface area contributed by atoms with Crippen LogP contribution in [0.25, 0.3) is 0 Å². The van der Waals surface area contributed by atoms with Crippen LogP contribution < -0.4 is 5.32 Å². The van der Waals surface area contributed by atoms with Gasteiger partial charge >= 0.3 is 12.0 Å². The van der Waals surface area contributed by atoms with Crippen molar-refractivity contribution in [3.05, 3.63) is 28.0 Å². The third-order valence-corrected chi connectivity index (χ3v) is 4.27. The predicted octanol–water partition coefficient (Wildman–Crippen LogP) is 3.71. The predicted molar refractivity (Wildman–Crippen MR) is 81.9 cm³/mol. The van der Waals surface area contributed by atoms with Gasteiger partial charge in [-0.05, 0) is 24.5 Å². The number of carboxylic acids is 1. The molecule has 1 heterocycles. The quantitative estimate of drug-likeness (QED) is 0.800. The summed E-state index contributed by atoms with van der Waals surface area (Å²) in [6, 6.07) is 1.67. The zero-order valence-electron chi connectivity index (χ0n) is 11.8. The van der Waals surface area contributed by atoms with Gasteiger partial charge in [-0.3, -0.25) is 4.79 Å². The molecule has 1 aromatic carbocycles. The third-order valence-electron chi connectivity index (χ3n) is 3.55. The van der Waals surface area contributed by atoms with Gasteiger partial charge in [0.25, 0.3) is 0 Å². The molecule has 0 aliphatic carbocycles. The van der Waals surface area contributed by atoms with Crippen molar-refractivity contribution in [1.82, 2.24) is 4.90 Å². The van der Waals surface area contributed by atoms with Crippen LogP contribution in [0.1, 0.15) is 13.3 Å². The maximum Gasteiger partial charge on any atom is 0.321 e. The van der Waals surface area contributed by atoms with Gasteiger partial charge in [0.1, 0.15) is 5.82 Å². The Balaban J connectivity index is 2.11. The number of benzene rings is 1. The molecular formula is C14H15Cl2FN2O3. The summed E-state index contributed by atoms with van der Waals surface area (Å²) in [6.07, 6.45) is 0.514. The van der Waals surface area contributed by atoms with Crippen molar-refractivity contribution >= 4 is 40.9 Å². The van der Waals surface area contributed by atoms with Crippen molar-refractivity contribution in [3.8, 4) is 0 Å². The molecule has 2 atom stereocenters. The fraction of sp³-hybridized carbons (Fsp3) is 0.429. The lowest BCUT2D eigenvalue weighted by Gasteiger charge is -2.34. The topological polar surface area (TPSA) is 69.6 Å². The Bertz CT molecular complexity index is 612. The number of rotatable bonds is 2. The van der Waals surface area contributed by atoms with Crippen LogP contribution in [0.15, 0.2) is 12.1 Å². The molecule has 120 valence electrons. The summed E-state index contributed by atoms with van der Waals surface area (Å²) in [4.78, 5) is 24.7. The van der Waals surface area contributed by atoms with E-state index in [2.05, 4.69) is 5.32 Å². The second-order valence-corrected chi connectivity index (χ2v) is 6.27. The number of likely N-dealkylation sites (tertiary alicyclic amines) is 1. The normalized spacial score (nSPS) is 21.5. The molecule has 1 saturated heterocycles. The molecule has 0 radical (unpaired) electrons. The number of carbonyl (C=O) groups excluding carboxylic acids is 1. The average Bonchev–Trinajstić information content (AvgIpc) is 2.43. The fourth-order valence-electron chi connectivity index (χ4n) is 2.51. The molecule has 1 aromatic rings. The lowest BCUT2D eigenvalue weighted by atomic mass is 9.91. The number of amides is 2. The number of nitrogens with one attached hydrogen (secondary N) is 1. The van der Waals surface area contributed by atoms with E-state index in [4.69, 9.17) is 28.3 Å². The Hall–Kier alpha value is -1.53. The van der Waals surface area contributed by atoms with Crippen molar-refractivity contribution in [2.45, 2.75) is 13.3 Å². The highest BCUT2D eigenvalue weighted by Crippen LogP contribution is 2.29. The molecule has 1 aliphatic heterocycles. The van der Waals surface area contributed by atoms with E-state index in [9.17, 15) is 14.0 Å². The molecule has 5 nitrogen and oxygen atoms in total. The number of aliphatic carboxylic acids is 1. The van der Waals surface area contributed by atoms with Crippen LogP contribution in [-0.2, 0) is 4.79 Å². The smallest absolute Gasteiger partial charge is 0.321 e. The molecule has 2 amide bonds. The zero-order chi connectivity index (χ0) is 16.4. The molecule has 0 bridgehead atoms. The lowest BCUT2D eigenvalue weighted by Crippen LogP contribution is -2.47. The van der Waals surface area contributed by atoms with Crippen molar-refractivity contribution in [2.75, 3.05) is 18.4 Å². The van der Waals surface area contributed by atoms with E-state index in [1.807, 2.05) is 6.92 Å². The van der Waals surface area contributed by atoms with Gasteiger partial charge in [0.2, 0.25) is 0 Å². The van der Waals surface area contributed by atoms with Gasteiger partial charge in [0.05, 0.1) is 21.7 Å². The molecular weight excluding hydrogens is 334 g/mol. The number of urea groups is 1.